The molecule has 1 atom stereocenters. The zero-order valence-corrected chi connectivity index (χ0v) is 13.1. The highest BCUT2D eigenvalue weighted by Crippen LogP contribution is 2.22. The summed E-state index contributed by atoms with van der Waals surface area (Å²) in [6, 6.07) is 10.9. The van der Waals surface area contributed by atoms with Gasteiger partial charge in [-0.15, -0.1) is 0 Å². The minimum Gasteiger partial charge on any atom is -0.344 e. The van der Waals surface area contributed by atoms with Crippen LogP contribution in [0.1, 0.15) is 48.4 Å². The monoisotopic (exact) mass is 299 g/mol. The van der Waals surface area contributed by atoms with Crippen LogP contribution in [0.2, 0.25) is 0 Å². The Morgan fingerprint density at radius 1 is 1.18 bits per heavy atom. The smallest absolute Gasteiger partial charge is 0.272 e. The van der Waals surface area contributed by atoms with Gasteiger partial charge in [-0.25, -0.2) is 5.10 Å². The molecule has 1 heterocycles. The molecule has 0 saturated heterocycles. The van der Waals surface area contributed by atoms with E-state index in [1.54, 1.807) is 0 Å². The van der Waals surface area contributed by atoms with Crippen molar-refractivity contribution in [2.45, 2.75) is 33.2 Å². The molecule has 2 N–H and O–H groups in total. The van der Waals surface area contributed by atoms with E-state index in [4.69, 9.17) is 0 Å². The molecule has 2 rings (SSSR count). The highest BCUT2D eigenvalue weighted by molar-refractivity contribution is 5.92. The van der Waals surface area contributed by atoms with Crippen molar-refractivity contribution in [2.75, 3.05) is 0 Å². The van der Waals surface area contributed by atoms with E-state index in [1.165, 1.54) is 17.7 Å². The lowest BCUT2D eigenvalue weighted by Crippen LogP contribution is -2.32. The van der Waals surface area contributed by atoms with Crippen LogP contribution >= 0.6 is 0 Å². The van der Waals surface area contributed by atoms with E-state index in [0.717, 1.165) is 12.0 Å². The molecule has 1 aromatic carbocycles. The minimum absolute atomic E-state index is 0.105. The van der Waals surface area contributed by atoms with Gasteiger partial charge in [-0.3, -0.25) is 9.59 Å². The van der Waals surface area contributed by atoms with Crippen molar-refractivity contribution < 1.29 is 4.79 Å². The summed E-state index contributed by atoms with van der Waals surface area (Å²) in [5.41, 5.74) is 2.20. The second-order valence-corrected chi connectivity index (χ2v) is 5.60. The van der Waals surface area contributed by atoms with E-state index in [1.807, 2.05) is 12.1 Å². The Kier molecular flexibility index (Phi) is 5.09. The number of aromatic nitrogens is 2. The number of hydrogen-bond acceptors (Lipinski definition) is 3. The molecule has 22 heavy (non-hydrogen) atoms. The van der Waals surface area contributed by atoms with Crippen molar-refractivity contribution in [1.82, 2.24) is 15.5 Å². The molecule has 5 nitrogen and oxygen atoms in total. The third-order valence-corrected chi connectivity index (χ3v) is 3.61. The second-order valence-electron chi connectivity index (χ2n) is 5.60. The fourth-order valence-corrected chi connectivity index (χ4v) is 2.28. The predicted molar refractivity (Wildman–Crippen MR) is 85.7 cm³/mol. The molecule has 0 spiro atoms. The lowest BCUT2D eigenvalue weighted by atomic mass is 9.94. The Morgan fingerprint density at radius 2 is 1.86 bits per heavy atom. The number of aryl methyl sites for hydroxylation is 1. The van der Waals surface area contributed by atoms with Crippen LogP contribution in [0.25, 0.3) is 0 Å². The van der Waals surface area contributed by atoms with E-state index < -0.39 is 0 Å². The van der Waals surface area contributed by atoms with Gasteiger partial charge in [0.2, 0.25) is 0 Å². The zero-order chi connectivity index (χ0) is 16.1. The summed E-state index contributed by atoms with van der Waals surface area (Å²) in [4.78, 5) is 23.3. The number of aromatic amines is 1. The third kappa shape index (κ3) is 3.81. The molecule has 0 saturated carbocycles. The highest BCUT2D eigenvalue weighted by Gasteiger charge is 2.19. The molecule has 0 radical (unpaired) electrons. The van der Waals surface area contributed by atoms with E-state index in [-0.39, 0.29) is 29.1 Å². The fraction of sp³-hybridized carbons (Fsp3) is 0.353. The average Bonchev–Trinajstić information content (AvgIpc) is 2.53. The lowest BCUT2D eigenvalue weighted by Gasteiger charge is -2.23. The van der Waals surface area contributed by atoms with Crippen molar-refractivity contribution in [3.63, 3.8) is 0 Å². The maximum atomic E-state index is 12.3. The van der Waals surface area contributed by atoms with Gasteiger partial charge in [-0.1, -0.05) is 45.0 Å². The normalized spacial score (nSPS) is 12.2. The summed E-state index contributed by atoms with van der Waals surface area (Å²) < 4.78 is 0. The van der Waals surface area contributed by atoms with Gasteiger partial charge in [0.05, 0.1) is 6.04 Å². The molecule has 0 aliphatic rings. The molecule has 0 bridgehead atoms. The molecule has 0 unspecified atom stereocenters. The number of nitrogens with zero attached hydrogens (tertiary/aromatic N) is 1. The zero-order valence-electron chi connectivity index (χ0n) is 13.1. The lowest BCUT2D eigenvalue weighted by molar-refractivity contribution is 0.0919. The van der Waals surface area contributed by atoms with E-state index in [2.05, 4.69) is 48.4 Å². The Balaban J connectivity index is 2.19. The van der Waals surface area contributed by atoms with Crippen LogP contribution < -0.4 is 10.9 Å². The first-order valence-electron chi connectivity index (χ1n) is 7.46. The molecule has 2 aromatic rings. The van der Waals surface area contributed by atoms with Crippen molar-refractivity contribution in [3.05, 3.63) is 63.6 Å². The third-order valence-electron chi connectivity index (χ3n) is 3.61. The van der Waals surface area contributed by atoms with Crippen molar-refractivity contribution in [1.29, 1.82) is 0 Å². The standard InChI is InChI=1S/C17H21N3O2/c1-4-12-5-7-13(8-6-12)16(11(2)3)18-17(22)14-9-10-15(21)20-19-14/h5-11,16H,4H2,1-3H3,(H,18,22)(H,20,21)/t16-/m1/s1. The molecular formula is C17H21N3O2. The van der Waals surface area contributed by atoms with Crippen molar-refractivity contribution >= 4 is 5.91 Å². The van der Waals surface area contributed by atoms with E-state index in [0.29, 0.717) is 0 Å². The van der Waals surface area contributed by atoms with E-state index >= 15 is 0 Å². The molecule has 1 amide bonds. The van der Waals surface area contributed by atoms with E-state index in [9.17, 15) is 9.59 Å². The summed E-state index contributed by atoms with van der Waals surface area (Å²) >= 11 is 0. The van der Waals surface area contributed by atoms with Gasteiger partial charge in [0.1, 0.15) is 5.69 Å². The first-order valence-corrected chi connectivity index (χ1v) is 7.46. The molecule has 0 fully saturated rings. The van der Waals surface area contributed by atoms with Crippen LogP contribution in [0.15, 0.2) is 41.2 Å². The first kappa shape index (κ1) is 15.9. The van der Waals surface area contributed by atoms with Gasteiger partial charge < -0.3 is 5.32 Å². The van der Waals surface area contributed by atoms with Crippen LogP contribution in [-0.2, 0) is 6.42 Å². The summed E-state index contributed by atoms with van der Waals surface area (Å²) in [6.07, 6.45) is 0.986. The summed E-state index contributed by atoms with van der Waals surface area (Å²) in [5, 5.41) is 9.02. The molecule has 0 aliphatic carbocycles. The predicted octanol–water partition coefficient (Wildman–Crippen LogP) is 2.46. The van der Waals surface area contributed by atoms with Gasteiger partial charge in [0, 0.05) is 6.07 Å². The Labute approximate surface area is 129 Å². The van der Waals surface area contributed by atoms with Gasteiger partial charge in [0.15, 0.2) is 0 Å². The molecule has 116 valence electrons. The quantitative estimate of drug-likeness (QED) is 0.890. The maximum absolute atomic E-state index is 12.3. The topological polar surface area (TPSA) is 74.8 Å². The minimum atomic E-state index is -0.327. The van der Waals surface area contributed by atoms with Gasteiger partial charge in [-0.05, 0) is 29.5 Å². The van der Waals surface area contributed by atoms with Crippen LogP contribution in [0, 0.1) is 5.92 Å². The number of nitrogens with one attached hydrogen (secondary N) is 2. The fourth-order valence-electron chi connectivity index (χ4n) is 2.28. The molecule has 1 aromatic heterocycles. The number of benzene rings is 1. The summed E-state index contributed by atoms with van der Waals surface area (Å²) in [7, 11) is 0. The van der Waals surface area contributed by atoms with Gasteiger partial charge in [-0.2, -0.15) is 5.10 Å². The summed E-state index contributed by atoms with van der Waals surface area (Å²) in [6.45, 7) is 6.22. The summed E-state index contributed by atoms with van der Waals surface area (Å²) in [5.74, 6) is -0.0614. The van der Waals surface area contributed by atoms with Crippen LogP contribution in [0.3, 0.4) is 0 Å². The number of hydrogen-bond donors (Lipinski definition) is 2. The molecular weight excluding hydrogens is 278 g/mol. The maximum Gasteiger partial charge on any atom is 0.272 e. The second kappa shape index (κ2) is 7.02. The number of carbonyl (C=O) groups is 1. The highest BCUT2D eigenvalue weighted by atomic mass is 16.2. The largest absolute Gasteiger partial charge is 0.344 e. The molecule has 0 aliphatic heterocycles. The van der Waals surface area contributed by atoms with Crippen molar-refractivity contribution in [2.24, 2.45) is 5.92 Å². The van der Waals surface area contributed by atoms with Crippen LogP contribution in [0.5, 0.6) is 0 Å². The SMILES string of the molecule is CCc1ccc([C@H](NC(=O)c2ccc(=O)[nH]n2)C(C)C)cc1. The molecule has 5 heteroatoms. The Morgan fingerprint density at radius 3 is 2.36 bits per heavy atom. The Hall–Kier alpha value is -2.43. The first-order chi connectivity index (χ1) is 10.5. The number of carbonyl (C=O) groups excluding carboxylic acids is 1. The van der Waals surface area contributed by atoms with Crippen molar-refractivity contribution in [3.8, 4) is 0 Å². The van der Waals surface area contributed by atoms with Crippen LogP contribution in [-0.4, -0.2) is 16.1 Å². The number of H-pyrrole nitrogens is 1. The number of rotatable bonds is 5. The number of amides is 1. The average molecular weight is 299 g/mol. The van der Waals surface area contributed by atoms with Crippen LogP contribution in [0.4, 0.5) is 0 Å². The van der Waals surface area contributed by atoms with Gasteiger partial charge >= 0.3 is 0 Å². The Bertz CT molecular complexity index is 669. The van der Waals surface area contributed by atoms with Gasteiger partial charge in [0.25, 0.3) is 11.5 Å².